The predicted molar refractivity (Wildman–Crippen MR) is 113 cm³/mol. The molecule has 0 atom stereocenters. The van der Waals surface area contributed by atoms with Crippen molar-refractivity contribution in [1.82, 2.24) is 14.9 Å². The summed E-state index contributed by atoms with van der Waals surface area (Å²) in [5.41, 5.74) is 3.86. The van der Waals surface area contributed by atoms with Gasteiger partial charge < -0.3 is 9.64 Å². The fourth-order valence-corrected chi connectivity index (χ4v) is 4.44. The van der Waals surface area contributed by atoms with E-state index in [-0.39, 0.29) is 5.92 Å². The van der Waals surface area contributed by atoms with Crippen LogP contribution in [0, 0.1) is 5.92 Å². The lowest BCUT2D eigenvalue weighted by Crippen LogP contribution is -2.38. The summed E-state index contributed by atoms with van der Waals surface area (Å²) in [7, 11) is 1.73. The number of pyridine rings is 1. The van der Waals surface area contributed by atoms with Gasteiger partial charge in [-0.1, -0.05) is 12.1 Å². The van der Waals surface area contributed by atoms with Crippen LogP contribution in [-0.2, 0) is 16.0 Å². The molecule has 1 fully saturated rings. The normalized spacial score (nSPS) is 15.9. The highest BCUT2D eigenvalue weighted by atomic mass is 32.1. The van der Waals surface area contributed by atoms with Crippen molar-refractivity contribution in [3.05, 3.63) is 47.9 Å². The van der Waals surface area contributed by atoms with Gasteiger partial charge in [-0.05, 0) is 49.0 Å². The van der Waals surface area contributed by atoms with Crippen molar-refractivity contribution < 1.29 is 9.53 Å². The van der Waals surface area contributed by atoms with Crippen LogP contribution in [0.5, 0.6) is 0 Å². The molecule has 28 heavy (non-hydrogen) atoms. The van der Waals surface area contributed by atoms with Crippen molar-refractivity contribution in [3.63, 3.8) is 0 Å². The van der Waals surface area contributed by atoms with Gasteiger partial charge in [0, 0.05) is 49.5 Å². The average molecular weight is 396 g/mol. The number of rotatable bonds is 7. The van der Waals surface area contributed by atoms with Crippen LogP contribution in [0.2, 0.25) is 0 Å². The molecule has 0 radical (unpaired) electrons. The topological polar surface area (TPSA) is 55.3 Å². The van der Waals surface area contributed by atoms with E-state index in [0.29, 0.717) is 12.2 Å². The summed E-state index contributed by atoms with van der Waals surface area (Å²) in [6.45, 7) is 3.65. The maximum absolute atomic E-state index is 12.8. The van der Waals surface area contributed by atoms with Crippen LogP contribution in [0.4, 0.5) is 0 Å². The van der Waals surface area contributed by atoms with Crippen molar-refractivity contribution in [2.24, 2.45) is 5.92 Å². The maximum atomic E-state index is 12.8. The number of piperidine rings is 1. The number of fused-ring (bicyclic) bond motifs is 1. The molecular weight excluding hydrogens is 370 g/mol. The van der Waals surface area contributed by atoms with Crippen molar-refractivity contribution in [1.29, 1.82) is 0 Å². The molecule has 146 valence electrons. The molecule has 3 aromatic rings. The summed E-state index contributed by atoms with van der Waals surface area (Å²) in [5.74, 6) is 0.469. The van der Waals surface area contributed by atoms with Gasteiger partial charge in [0.15, 0.2) is 0 Å². The van der Waals surface area contributed by atoms with Gasteiger partial charge in [-0.2, -0.15) is 0 Å². The van der Waals surface area contributed by atoms with Gasteiger partial charge in [0.2, 0.25) is 0 Å². The number of Topliss-reactive ketones (excluding diaryl/α,β-unsaturated/α-hetero) is 1. The third-order valence-corrected chi connectivity index (χ3v) is 6.33. The number of methoxy groups -OCH3 is 1. The van der Waals surface area contributed by atoms with Gasteiger partial charge >= 0.3 is 0 Å². The van der Waals surface area contributed by atoms with Crippen LogP contribution in [-0.4, -0.2) is 54.0 Å². The Bertz CT molecular complexity index is 934. The van der Waals surface area contributed by atoms with Crippen LogP contribution in [0.15, 0.2) is 42.2 Å². The fraction of sp³-hybridized carbons (Fsp3) is 0.409. The van der Waals surface area contributed by atoms with Gasteiger partial charge in [-0.15, -0.1) is 11.3 Å². The molecule has 1 saturated heterocycles. The first-order chi connectivity index (χ1) is 13.7. The molecule has 3 heterocycles. The Morgan fingerprint density at radius 3 is 2.82 bits per heavy atom. The van der Waals surface area contributed by atoms with Crippen LogP contribution in [0.1, 0.15) is 18.5 Å². The zero-order valence-electron chi connectivity index (χ0n) is 16.1. The SMILES string of the molecule is COCCN1CCC(C(=O)Cc2cc3cc(-c4cncs4)ccc3cn2)CC1. The summed E-state index contributed by atoms with van der Waals surface area (Å²) in [5, 5.41) is 2.22. The van der Waals surface area contributed by atoms with Gasteiger partial charge in [-0.25, -0.2) is 0 Å². The van der Waals surface area contributed by atoms with E-state index in [4.69, 9.17) is 4.74 Å². The van der Waals surface area contributed by atoms with Crippen LogP contribution < -0.4 is 0 Å². The van der Waals surface area contributed by atoms with Gasteiger partial charge in [0.05, 0.1) is 17.0 Å². The molecular formula is C22H25N3O2S. The van der Waals surface area contributed by atoms with E-state index in [2.05, 4.69) is 39.1 Å². The highest BCUT2D eigenvalue weighted by Gasteiger charge is 2.25. The first-order valence-electron chi connectivity index (χ1n) is 9.74. The number of hydrogen-bond acceptors (Lipinski definition) is 6. The molecule has 1 aliphatic heterocycles. The molecule has 0 spiro atoms. The summed E-state index contributed by atoms with van der Waals surface area (Å²) in [6, 6.07) is 8.40. The molecule has 1 aromatic carbocycles. The van der Waals surface area contributed by atoms with Gasteiger partial charge in [-0.3, -0.25) is 14.8 Å². The Morgan fingerprint density at radius 2 is 2.07 bits per heavy atom. The predicted octanol–water partition coefficient (Wildman–Crippen LogP) is 3.83. The number of aromatic nitrogens is 2. The molecule has 0 amide bonds. The first-order valence-corrected chi connectivity index (χ1v) is 10.6. The number of thiazole rings is 1. The second kappa shape index (κ2) is 8.90. The van der Waals surface area contributed by atoms with E-state index in [0.717, 1.165) is 66.0 Å². The number of hydrogen-bond donors (Lipinski definition) is 0. The Kier molecular flexibility index (Phi) is 6.10. The minimum Gasteiger partial charge on any atom is -0.383 e. The van der Waals surface area contributed by atoms with Crippen molar-refractivity contribution in [3.8, 4) is 10.4 Å². The summed E-state index contributed by atoms with van der Waals surface area (Å²) < 4.78 is 5.15. The number of carbonyl (C=O) groups excluding carboxylic acids is 1. The monoisotopic (exact) mass is 395 g/mol. The Balaban J connectivity index is 1.42. The van der Waals surface area contributed by atoms with E-state index < -0.39 is 0 Å². The zero-order chi connectivity index (χ0) is 19.3. The summed E-state index contributed by atoms with van der Waals surface area (Å²) in [4.78, 5) is 25.0. The number of ketones is 1. The van der Waals surface area contributed by atoms with E-state index >= 15 is 0 Å². The average Bonchev–Trinajstić information content (AvgIpc) is 3.27. The van der Waals surface area contributed by atoms with E-state index in [1.165, 1.54) is 0 Å². The minimum atomic E-state index is 0.153. The largest absolute Gasteiger partial charge is 0.383 e. The summed E-state index contributed by atoms with van der Waals surface area (Å²) >= 11 is 1.63. The number of benzene rings is 1. The number of ether oxygens (including phenoxy) is 1. The van der Waals surface area contributed by atoms with Crippen LogP contribution in [0.3, 0.4) is 0 Å². The third kappa shape index (κ3) is 4.46. The molecule has 1 aliphatic rings. The van der Waals surface area contributed by atoms with Crippen molar-refractivity contribution >= 4 is 27.9 Å². The number of nitrogens with zero attached hydrogens (tertiary/aromatic N) is 3. The highest BCUT2D eigenvalue weighted by molar-refractivity contribution is 7.13. The third-order valence-electron chi connectivity index (χ3n) is 5.51. The first kappa shape index (κ1) is 19.2. The standard InChI is InChI=1S/C22H25N3O2S/c1-27-9-8-25-6-4-16(5-7-25)21(26)12-20-11-19-10-17(22-14-23-15-28-22)2-3-18(19)13-24-20/h2-3,10-11,13-16H,4-9,12H2,1H3. The van der Waals surface area contributed by atoms with E-state index in [1.54, 1.807) is 18.4 Å². The minimum absolute atomic E-state index is 0.153. The maximum Gasteiger partial charge on any atom is 0.142 e. The van der Waals surface area contributed by atoms with E-state index in [1.807, 2.05) is 17.9 Å². The molecule has 0 aliphatic carbocycles. The Hall–Kier alpha value is -2.15. The van der Waals surface area contributed by atoms with Crippen LogP contribution in [0.25, 0.3) is 21.2 Å². The fourth-order valence-electron chi connectivity index (χ4n) is 3.82. The molecule has 0 bridgehead atoms. The lowest BCUT2D eigenvalue weighted by molar-refractivity contribution is -0.123. The smallest absolute Gasteiger partial charge is 0.142 e. The van der Waals surface area contributed by atoms with Gasteiger partial charge in [0.25, 0.3) is 0 Å². The lowest BCUT2D eigenvalue weighted by atomic mass is 9.90. The molecule has 2 aromatic heterocycles. The Morgan fingerprint density at radius 1 is 1.21 bits per heavy atom. The molecule has 0 N–H and O–H groups in total. The second-order valence-corrected chi connectivity index (χ2v) is 8.24. The van der Waals surface area contributed by atoms with Crippen LogP contribution >= 0.6 is 11.3 Å². The zero-order valence-corrected chi connectivity index (χ0v) is 17.0. The molecule has 4 rings (SSSR count). The second-order valence-electron chi connectivity index (χ2n) is 7.36. The molecule has 6 heteroatoms. The van der Waals surface area contributed by atoms with Crippen molar-refractivity contribution in [2.75, 3.05) is 33.4 Å². The number of likely N-dealkylation sites (tertiary alicyclic amines) is 1. The molecule has 0 unspecified atom stereocenters. The lowest BCUT2D eigenvalue weighted by Gasteiger charge is -2.30. The highest BCUT2D eigenvalue weighted by Crippen LogP contribution is 2.27. The van der Waals surface area contributed by atoms with E-state index in [9.17, 15) is 4.79 Å². The summed E-state index contributed by atoms with van der Waals surface area (Å²) in [6.07, 6.45) is 6.05. The molecule has 5 nitrogen and oxygen atoms in total. The quantitative estimate of drug-likeness (QED) is 0.609. The Labute approximate surface area is 169 Å². The van der Waals surface area contributed by atoms with Crippen molar-refractivity contribution in [2.45, 2.75) is 19.3 Å². The van der Waals surface area contributed by atoms with Gasteiger partial charge in [0.1, 0.15) is 5.78 Å². The molecule has 0 saturated carbocycles. The number of carbonyl (C=O) groups is 1.